The highest BCUT2D eigenvalue weighted by Crippen LogP contribution is 2.38. The van der Waals surface area contributed by atoms with Crippen LogP contribution in [0.1, 0.15) is 38.1 Å². The number of nitrogens with one attached hydrogen (secondary N) is 2. The van der Waals surface area contributed by atoms with Crippen LogP contribution in [0, 0.1) is 19.8 Å². The molecule has 1 amide bonds. The van der Waals surface area contributed by atoms with Crippen molar-refractivity contribution >= 4 is 62.7 Å². The lowest BCUT2D eigenvalue weighted by Gasteiger charge is -2.14. The van der Waals surface area contributed by atoms with Crippen LogP contribution in [0.15, 0.2) is 30.5 Å². The number of aryl methyl sites for hydroxylation is 3. The highest BCUT2D eigenvalue weighted by molar-refractivity contribution is 14.2. The van der Waals surface area contributed by atoms with Gasteiger partial charge in [0.25, 0.3) is 0 Å². The molecule has 0 saturated heterocycles. The number of hydrogen-bond acceptors (Lipinski definition) is 6. The first-order chi connectivity index (χ1) is 17.4. The number of amides is 1. The third-order valence-electron chi connectivity index (χ3n) is 5.82. The van der Waals surface area contributed by atoms with Crippen LogP contribution in [-0.4, -0.2) is 37.1 Å². The second kappa shape index (κ2) is 11.1. The number of pyridine rings is 1. The Morgan fingerprint density at radius 3 is 2.53 bits per heavy atom. The molecule has 36 heavy (non-hydrogen) atoms. The van der Waals surface area contributed by atoms with Crippen molar-refractivity contribution in [2.75, 3.05) is 17.7 Å². The highest BCUT2D eigenvalue weighted by Gasteiger charge is 2.30. The largest absolute Gasteiger partial charge is 0.495 e. The van der Waals surface area contributed by atoms with Crippen molar-refractivity contribution in [1.82, 2.24) is 24.1 Å². The molecule has 1 unspecified atom stereocenters. The van der Waals surface area contributed by atoms with E-state index in [-0.39, 0.29) is 11.8 Å². The number of nitrogens with zero attached hydrogens (tertiary/aromatic N) is 5. The van der Waals surface area contributed by atoms with Crippen molar-refractivity contribution in [3.8, 4) is 17.0 Å². The van der Waals surface area contributed by atoms with Gasteiger partial charge in [-0.2, -0.15) is 5.10 Å². The van der Waals surface area contributed by atoms with Crippen LogP contribution in [0.4, 0.5) is 17.2 Å². The summed E-state index contributed by atoms with van der Waals surface area (Å²) in [6.07, 6.45) is 4.30. The summed E-state index contributed by atoms with van der Waals surface area (Å²) >= 11 is 2.32. The summed E-state index contributed by atoms with van der Waals surface area (Å²) in [6, 6.07) is 7.80. The van der Waals surface area contributed by atoms with Gasteiger partial charge in [-0.05, 0) is 66.4 Å². The highest BCUT2D eigenvalue weighted by atomic mass is 127. The Bertz CT molecular complexity index is 1410. The second-order valence-corrected chi connectivity index (χ2v) is 10.5. The molecule has 1 fully saturated rings. The maximum atomic E-state index is 12.4. The Morgan fingerprint density at radius 1 is 1.17 bits per heavy atom. The van der Waals surface area contributed by atoms with Gasteiger partial charge in [0.15, 0.2) is 5.65 Å². The van der Waals surface area contributed by atoms with E-state index in [0.717, 1.165) is 58.0 Å². The van der Waals surface area contributed by atoms with Gasteiger partial charge in [0, 0.05) is 30.8 Å². The second-order valence-electron chi connectivity index (χ2n) is 8.44. The molecule has 1 atom stereocenters. The minimum Gasteiger partial charge on any atom is -0.495 e. The van der Waals surface area contributed by atoms with E-state index >= 15 is 0 Å². The molecule has 0 bridgehead atoms. The summed E-state index contributed by atoms with van der Waals surface area (Å²) in [7, 11) is 3.56. The molecular weight excluding hydrogens is 588 g/mol. The first-order valence-electron chi connectivity index (χ1n) is 11.9. The number of benzene rings is 1. The van der Waals surface area contributed by atoms with Gasteiger partial charge in [0.1, 0.15) is 22.9 Å². The van der Waals surface area contributed by atoms with Crippen LogP contribution in [0.25, 0.3) is 22.4 Å². The molecule has 0 spiro atoms. The van der Waals surface area contributed by atoms with Crippen LogP contribution in [0.5, 0.6) is 5.75 Å². The van der Waals surface area contributed by atoms with Crippen LogP contribution in [0.3, 0.4) is 0 Å². The first kappa shape index (κ1) is 26.3. The molecule has 190 valence electrons. The zero-order valence-corrected chi connectivity index (χ0v) is 24.5. The van der Waals surface area contributed by atoms with E-state index in [1.54, 1.807) is 11.8 Å². The fourth-order valence-electron chi connectivity index (χ4n) is 3.97. The summed E-state index contributed by atoms with van der Waals surface area (Å²) in [4.78, 5) is 21.9. The Morgan fingerprint density at radius 2 is 1.92 bits per heavy atom. The predicted molar refractivity (Wildman–Crippen MR) is 156 cm³/mol. The minimum atomic E-state index is 0.0187. The van der Waals surface area contributed by atoms with Crippen LogP contribution < -0.4 is 15.4 Å². The average molecular weight is 619 g/mol. The van der Waals surface area contributed by atoms with Gasteiger partial charge in [0.2, 0.25) is 5.91 Å². The van der Waals surface area contributed by atoms with Crippen molar-refractivity contribution in [3.05, 3.63) is 41.9 Å². The molecule has 11 heteroatoms. The smallest absolute Gasteiger partial charge is 0.228 e. The van der Waals surface area contributed by atoms with Gasteiger partial charge < -0.3 is 15.4 Å². The van der Waals surface area contributed by atoms with Crippen LogP contribution >= 0.6 is 28.4 Å². The maximum Gasteiger partial charge on any atom is 0.228 e. The van der Waals surface area contributed by atoms with E-state index in [1.807, 2.05) is 65.2 Å². The van der Waals surface area contributed by atoms with Gasteiger partial charge in [-0.25, -0.2) is 9.97 Å². The standard InChI is InChI=1S/C23H25IN7O2P.C2H6/c1-12-11-30(3)29-20(12)15-7-8-16(18(9-15)33-4)26-17-10-19(28-23(32)14-5-6-14)27-22-21(17)25-13(2)31(22)34-24;1-2/h7-11,14,34H,5-6H2,1-4H3,(H2,26,27,28,32);1-2H3. The number of ether oxygens (including phenoxy) is 1. The summed E-state index contributed by atoms with van der Waals surface area (Å²) in [6.45, 7) is 8.00. The number of carbonyl (C=O) groups is 1. The van der Waals surface area contributed by atoms with E-state index in [4.69, 9.17) is 14.7 Å². The zero-order valence-electron chi connectivity index (χ0n) is 21.3. The van der Waals surface area contributed by atoms with Crippen molar-refractivity contribution < 1.29 is 9.53 Å². The molecular formula is C25H31IN7O2P. The molecule has 1 aromatic carbocycles. The molecule has 3 aromatic heterocycles. The number of imidazole rings is 1. The molecule has 2 N–H and O–H groups in total. The van der Waals surface area contributed by atoms with Crippen molar-refractivity contribution in [2.24, 2.45) is 13.0 Å². The minimum absolute atomic E-state index is 0.0187. The predicted octanol–water partition coefficient (Wildman–Crippen LogP) is 6.37. The number of anilines is 3. The number of carbonyl (C=O) groups excluding carboxylic acids is 1. The molecule has 5 rings (SSSR count). The number of rotatable bonds is 7. The van der Waals surface area contributed by atoms with Gasteiger partial charge in [-0.15, -0.1) is 0 Å². The lowest BCUT2D eigenvalue weighted by atomic mass is 10.1. The fourth-order valence-corrected chi connectivity index (χ4v) is 6.11. The SMILES string of the molecule is CC.COc1cc(-c2nn(C)cc2C)ccc1Nc1cc(NC(=O)C2CC2)nc2c1nc(C)n2PI. The lowest BCUT2D eigenvalue weighted by molar-refractivity contribution is -0.117. The topological polar surface area (TPSA) is 98.9 Å². The van der Waals surface area contributed by atoms with Gasteiger partial charge in [0.05, 0.1) is 30.6 Å². The molecule has 0 aliphatic heterocycles. The van der Waals surface area contributed by atoms with Gasteiger partial charge in [-0.1, -0.05) is 19.9 Å². The van der Waals surface area contributed by atoms with Gasteiger partial charge >= 0.3 is 0 Å². The Balaban J connectivity index is 0.00000148. The number of hydrogen-bond donors (Lipinski definition) is 2. The maximum absolute atomic E-state index is 12.4. The molecule has 1 saturated carbocycles. The summed E-state index contributed by atoms with van der Waals surface area (Å²) in [5.41, 5.74) is 6.02. The average Bonchev–Trinajstić information content (AvgIpc) is 3.60. The fraction of sp³-hybridized carbons (Fsp3) is 0.360. The van der Waals surface area contributed by atoms with Gasteiger partial charge in [-0.3, -0.25) is 13.8 Å². The molecule has 3 heterocycles. The number of fused-ring (bicyclic) bond motifs is 1. The van der Waals surface area contributed by atoms with Crippen molar-refractivity contribution in [1.29, 1.82) is 0 Å². The van der Waals surface area contributed by atoms with E-state index in [9.17, 15) is 4.79 Å². The van der Waals surface area contributed by atoms with E-state index in [1.165, 1.54) is 0 Å². The number of methoxy groups -OCH3 is 1. The normalized spacial score (nSPS) is 13.1. The molecule has 1 aliphatic carbocycles. The summed E-state index contributed by atoms with van der Waals surface area (Å²) in [5.74, 6) is 2.18. The first-order valence-corrected chi connectivity index (χ1v) is 16.0. The molecule has 4 aromatic rings. The molecule has 1 aliphatic rings. The zero-order chi connectivity index (χ0) is 26.0. The summed E-state index contributed by atoms with van der Waals surface area (Å²) in [5, 5.41) is 11.0. The number of halogens is 1. The van der Waals surface area contributed by atoms with Crippen LogP contribution in [0.2, 0.25) is 0 Å². The molecule has 0 radical (unpaired) electrons. The third kappa shape index (κ3) is 5.34. The van der Waals surface area contributed by atoms with Crippen molar-refractivity contribution in [3.63, 3.8) is 0 Å². The third-order valence-corrected chi connectivity index (χ3v) is 7.98. The van der Waals surface area contributed by atoms with Crippen LogP contribution in [-0.2, 0) is 11.8 Å². The van der Waals surface area contributed by atoms with E-state index in [0.29, 0.717) is 17.9 Å². The molecule has 9 nitrogen and oxygen atoms in total. The Hall–Kier alpha value is -2.72. The van der Waals surface area contributed by atoms with Crippen molar-refractivity contribution in [2.45, 2.75) is 40.5 Å². The number of aromatic nitrogens is 5. The van der Waals surface area contributed by atoms with E-state index in [2.05, 4.69) is 42.1 Å². The Kier molecular flexibility index (Phi) is 8.14. The Labute approximate surface area is 225 Å². The monoisotopic (exact) mass is 619 g/mol. The quantitative estimate of drug-likeness (QED) is 0.184. The lowest BCUT2D eigenvalue weighted by Crippen LogP contribution is -2.14. The summed E-state index contributed by atoms with van der Waals surface area (Å²) < 4.78 is 9.58. The van der Waals surface area contributed by atoms with E-state index < -0.39 is 0 Å².